The summed E-state index contributed by atoms with van der Waals surface area (Å²) in [6, 6.07) is 5.16. The van der Waals surface area contributed by atoms with Crippen molar-refractivity contribution >= 4 is 11.6 Å². The van der Waals surface area contributed by atoms with Gasteiger partial charge in [-0.3, -0.25) is 0 Å². The minimum absolute atomic E-state index is 0.193. The second-order valence-corrected chi connectivity index (χ2v) is 6.32. The summed E-state index contributed by atoms with van der Waals surface area (Å²) in [5, 5.41) is 4.00. The van der Waals surface area contributed by atoms with Crippen LogP contribution >= 0.6 is 11.6 Å². The first-order valence-electron chi connectivity index (χ1n) is 7.44. The topological polar surface area (TPSA) is 21.3 Å². The summed E-state index contributed by atoms with van der Waals surface area (Å²) in [4.78, 5) is 0. The van der Waals surface area contributed by atoms with Gasteiger partial charge in [-0.05, 0) is 36.5 Å². The summed E-state index contributed by atoms with van der Waals surface area (Å²) in [5.41, 5.74) is 0.674. The second-order valence-electron chi connectivity index (χ2n) is 5.89. The predicted octanol–water partition coefficient (Wildman–Crippen LogP) is 4.86. The van der Waals surface area contributed by atoms with E-state index in [1.54, 1.807) is 12.1 Å². The van der Waals surface area contributed by atoms with E-state index in [1.165, 1.54) is 18.9 Å². The van der Waals surface area contributed by atoms with Crippen LogP contribution in [0.15, 0.2) is 18.2 Å². The van der Waals surface area contributed by atoms with Crippen LogP contribution in [-0.4, -0.2) is 12.7 Å². The van der Waals surface area contributed by atoms with E-state index < -0.39 is 6.61 Å². The molecular formula is C16H22ClF2NO. The summed E-state index contributed by atoms with van der Waals surface area (Å²) in [6.45, 7) is 2.18. The highest BCUT2D eigenvalue weighted by Crippen LogP contribution is 2.30. The Morgan fingerprint density at radius 1 is 1.33 bits per heavy atom. The molecule has 0 bridgehead atoms. The van der Waals surface area contributed by atoms with Crippen molar-refractivity contribution < 1.29 is 13.5 Å². The van der Waals surface area contributed by atoms with Crippen LogP contribution in [0.1, 0.15) is 38.7 Å². The Kier molecular flexibility index (Phi) is 5.82. The lowest BCUT2D eigenvalue weighted by atomic mass is 9.78. The number of hydrogen-bond donors (Lipinski definition) is 1. The summed E-state index contributed by atoms with van der Waals surface area (Å²) in [7, 11) is 0. The first kappa shape index (κ1) is 16.5. The van der Waals surface area contributed by atoms with Crippen molar-refractivity contribution in [2.24, 2.45) is 11.8 Å². The molecule has 3 unspecified atom stereocenters. The van der Waals surface area contributed by atoms with E-state index in [4.69, 9.17) is 11.6 Å². The van der Waals surface area contributed by atoms with Gasteiger partial charge >= 0.3 is 6.61 Å². The number of rotatable bonds is 5. The van der Waals surface area contributed by atoms with E-state index >= 15 is 0 Å². The van der Waals surface area contributed by atoms with Crippen LogP contribution in [0.25, 0.3) is 0 Å². The molecule has 1 N–H and O–H groups in total. The van der Waals surface area contributed by atoms with Crippen molar-refractivity contribution in [2.75, 3.05) is 0 Å². The third kappa shape index (κ3) is 4.55. The fourth-order valence-corrected chi connectivity index (χ4v) is 3.20. The molecule has 1 aliphatic carbocycles. The van der Waals surface area contributed by atoms with E-state index in [9.17, 15) is 8.78 Å². The Bertz CT molecular complexity index is 470. The smallest absolute Gasteiger partial charge is 0.387 e. The largest absolute Gasteiger partial charge is 0.434 e. The quantitative estimate of drug-likeness (QED) is 0.837. The van der Waals surface area contributed by atoms with Crippen molar-refractivity contribution in [3.63, 3.8) is 0 Å². The van der Waals surface area contributed by atoms with Gasteiger partial charge in [0.2, 0.25) is 0 Å². The van der Waals surface area contributed by atoms with Crippen molar-refractivity contribution in [3.8, 4) is 5.75 Å². The van der Waals surface area contributed by atoms with Gasteiger partial charge in [0.05, 0.1) is 0 Å². The Balaban J connectivity index is 2.03. The minimum Gasteiger partial charge on any atom is -0.434 e. The molecule has 0 aliphatic heterocycles. The fraction of sp³-hybridized carbons (Fsp3) is 0.625. The predicted molar refractivity (Wildman–Crippen MR) is 80.9 cm³/mol. The fourth-order valence-electron chi connectivity index (χ4n) is 3.01. The van der Waals surface area contributed by atoms with Gasteiger partial charge in [0, 0.05) is 23.2 Å². The maximum absolute atomic E-state index is 12.4. The zero-order valence-electron chi connectivity index (χ0n) is 12.4. The number of nitrogens with one attached hydrogen (secondary N) is 1. The Morgan fingerprint density at radius 2 is 2.10 bits per heavy atom. The highest BCUT2D eigenvalue weighted by Gasteiger charge is 2.26. The van der Waals surface area contributed by atoms with Gasteiger partial charge in [-0.15, -0.1) is 0 Å². The number of hydrogen-bond acceptors (Lipinski definition) is 2. The average Bonchev–Trinajstić information content (AvgIpc) is 2.42. The third-order valence-electron chi connectivity index (χ3n) is 4.50. The van der Waals surface area contributed by atoms with Crippen LogP contribution in [0, 0.1) is 11.8 Å². The molecule has 0 radical (unpaired) electrons. The molecule has 3 atom stereocenters. The van der Waals surface area contributed by atoms with E-state index in [1.807, 2.05) is 0 Å². The summed E-state index contributed by atoms with van der Waals surface area (Å²) >= 11 is 5.96. The van der Waals surface area contributed by atoms with Crippen LogP contribution in [0.4, 0.5) is 8.78 Å². The van der Waals surface area contributed by atoms with E-state index in [0.29, 0.717) is 35.0 Å². The molecule has 118 valence electrons. The standard InChI is InChI=1S/C16H22ClF2NO/c1-10-4-3-5-14(11(10)2)20-9-12-8-13(17)6-7-15(12)21-16(18)19/h6-8,10-11,14,16,20H,3-5,9H2,1-2H3. The SMILES string of the molecule is CC1CCCC(NCc2cc(Cl)ccc2OC(F)F)C1C. The number of ether oxygens (including phenoxy) is 1. The molecule has 0 heterocycles. The summed E-state index contributed by atoms with van der Waals surface area (Å²) in [5.74, 6) is 1.46. The molecule has 2 nitrogen and oxygen atoms in total. The van der Waals surface area contributed by atoms with Crippen LogP contribution in [-0.2, 0) is 6.54 Å². The zero-order chi connectivity index (χ0) is 15.4. The van der Waals surface area contributed by atoms with E-state index in [-0.39, 0.29) is 5.75 Å². The number of halogens is 3. The second kappa shape index (κ2) is 7.41. The minimum atomic E-state index is -2.82. The highest BCUT2D eigenvalue weighted by molar-refractivity contribution is 6.30. The molecule has 0 spiro atoms. The first-order valence-corrected chi connectivity index (χ1v) is 7.81. The van der Waals surface area contributed by atoms with Crippen LogP contribution < -0.4 is 10.1 Å². The molecule has 1 aromatic rings. The Morgan fingerprint density at radius 3 is 2.81 bits per heavy atom. The average molecular weight is 318 g/mol. The van der Waals surface area contributed by atoms with Gasteiger partial charge in [-0.2, -0.15) is 8.78 Å². The highest BCUT2D eigenvalue weighted by atomic mass is 35.5. The number of alkyl halides is 2. The van der Waals surface area contributed by atoms with Gasteiger partial charge in [0.15, 0.2) is 0 Å². The molecule has 21 heavy (non-hydrogen) atoms. The van der Waals surface area contributed by atoms with Gasteiger partial charge < -0.3 is 10.1 Å². The zero-order valence-corrected chi connectivity index (χ0v) is 13.2. The van der Waals surface area contributed by atoms with Crippen molar-refractivity contribution in [1.29, 1.82) is 0 Å². The molecule has 1 fully saturated rings. The van der Waals surface area contributed by atoms with Gasteiger partial charge in [-0.1, -0.05) is 38.3 Å². The monoisotopic (exact) mass is 317 g/mol. The van der Waals surface area contributed by atoms with E-state index in [2.05, 4.69) is 23.9 Å². The Labute approximate surface area is 129 Å². The number of benzene rings is 1. The lowest BCUT2D eigenvalue weighted by Crippen LogP contribution is -2.40. The van der Waals surface area contributed by atoms with Crippen LogP contribution in [0.3, 0.4) is 0 Å². The third-order valence-corrected chi connectivity index (χ3v) is 4.74. The molecule has 5 heteroatoms. The summed E-state index contributed by atoms with van der Waals surface area (Å²) < 4.78 is 29.4. The molecular weight excluding hydrogens is 296 g/mol. The molecule has 1 aromatic carbocycles. The Hall–Kier alpha value is -0.870. The van der Waals surface area contributed by atoms with Gasteiger partial charge in [0.25, 0.3) is 0 Å². The van der Waals surface area contributed by atoms with Crippen LogP contribution in [0.5, 0.6) is 5.75 Å². The van der Waals surface area contributed by atoms with Gasteiger partial charge in [0.1, 0.15) is 5.75 Å². The lowest BCUT2D eigenvalue weighted by Gasteiger charge is -2.35. The molecule has 0 saturated heterocycles. The normalized spacial score (nSPS) is 26.1. The molecule has 1 aliphatic rings. The van der Waals surface area contributed by atoms with Crippen molar-refractivity contribution in [1.82, 2.24) is 5.32 Å². The van der Waals surface area contributed by atoms with Crippen molar-refractivity contribution in [3.05, 3.63) is 28.8 Å². The van der Waals surface area contributed by atoms with Crippen LogP contribution in [0.2, 0.25) is 5.02 Å². The molecule has 0 amide bonds. The molecule has 2 rings (SSSR count). The van der Waals surface area contributed by atoms with E-state index in [0.717, 1.165) is 6.42 Å². The lowest BCUT2D eigenvalue weighted by molar-refractivity contribution is -0.0505. The maximum Gasteiger partial charge on any atom is 0.387 e. The summed E-state index contributed by atoms with van der Waals surface area (Å²) in [6.07, 6.45) is 3.59. The molecule has 1 saturated carbocycles. The molecule has 0 aromatic heterocycles. The first-order chi connectivity index (χ1) is 9.97. The van der Waals surface area contributed by atoms with Gasteiger partial charge in [-0.25, -0.2) is 0 Å². The van der Waals surface area contributed by atoms with Crippen molar-refractivity contribution in [2.45, 2.75) is 52.3 Å². The maximum atomic E-state index is 12.4.